The van der Waals surface area contributed by atoms with Crippen LogP contribution in [0.2, 0.25) is 0 Å². The van der Waals surface area contributed by atoms with E-state index in [0.29, 0.717) is 0 Å². The molecule has 0 aliphatic heterocycles. The predicted octanol–water partition coefficient (Wildman–Crippen LogP) is 2.38. The van der Waals surface area contributed by atoms with Gasteiger partial charge in [0.2, 0.25) is 0 Å². The van der Waals surface area contributed by atoms with Crippen LogP contribution in [0.25, 0.3) is 10.9 Å². The van der Waals surface area contributed by atoms with Crippen molar-refractivity contribution in [1.29, 1.82) is 0 Å². The molecule has 1 atom stereocenters. The monoisotopic (exact) mass is 302 g/mol. The Kier molecular flexibility index (Phi) is 4.83. The zero-order valence-corrected chi connectivity index (χ0v) is 12.3. The second-order valence-electron chi connectivity index (χ2n) is 4.94. The van der Waals surface area contributed by atoms with Crippen LogP contribution in [0.4, 0.5) is 4.79 Å². The summed E-state index contributed by atoms with van der Waals surface area (Å²) < 4.78 is 4.76. The van der Waals surface area contributed by atoms with Gasteiger partial charge in [0.1, 0.15) is 12.6 Å². The number of alkyl carbamates (subject to hydrolysis) is 1. The van der Waals surface area contributed by atoms with Gasteiger partial charge in [-0.1, -0.05) is 30.9 Å². The van der Waals surface area contributed by atoms with E-state index in [1.54, 1.807) is 6.20 Å². The lowest BCUT2D eigenvalue weighted by molar-refractivity contribution is -0.139. The molecule has 2 aromatic rings. The van der Waals surface area contributed by atoms with Gasteiger partial charge in [-0.3, -0.25) is 0 Å². The summed E-state index contributed by atoms with van der Waals surface area (Å²) in [6.45, 7) is 5.43. The number of carbonyl (C=O) groups is 2. The van der Waals surface area contributed by atoms with E-state index < -0.39 is 18.1 Å². The van der Waals surface area contributed by atoms with Gasteiger partial charge in [-0.25, -0.2) is 9.59 Å². The Morgan fingerprint density at radius 2 is 2.27 bits per heavy atom. The normalized spacial score (nSPS) is 11.9. The number of hydrogen-bond donors (Lipinski definition) is 3. The van der Waals surface area contributed by atoms with Crippen molar-refractivity contribution in [2.24, 2.45) is 0 Å². The molecule has 0 radical (unpaired) electrons. The Morgan fingerprint density at radius 1 is 1.50 bits per heavy atom. The highest BCUT2D eigenvalue weighted by atomic mass is 16.5. The number of aromatic nitrogens is 1. The lowest BCUT2D eigenvalue weighted by Gasteiger charge is -2.13. The number of ether oxygens (including phenoxy) is 1. The van der Waals surface area contributed by atoms with Crippen LogP contribution in [-0.2, 0) is 16.0 Å². The van der Waals surface area contributed by atoms with E-state index in [2.05, 4.69) is 16.9 Å². The average molecular weight is 302 g/mol. The number of carbonyl (C=O) groups excluding carboxylic acids is 1. The third-order valence-corrected chi connectivity index (χ3v) is 3.36. The molecule has 6 nitrogen and oxygen atoms in total. The van der Waals surface area contributed by atoms with E-state index in [0.717, 1.165) is 22.0 Å². The van der Waals surface area contributed by atoms with Gasteiger partial charge in [-0.05, 0) is 18.1 Å². The smallest absolute Gasteiger partial charge is 0.408 e. The SMILES string of the molecule is C=CCOC(=O)NC(Cc1c[nH]c2c(C)cccc12)C(=O)O. The fourth-order valence-corrected chi connectivity index (χ4v) is 2.27. The molecule has 2 rings (SSSR count). The van der Waals surface area contributed by atoms with Crippen LogP contribution in [-0.4, -0.2) is 34.8 Å². The van der Waals surface area contributed by atoms with Crippen molar-refractivity contribution in [3.63, 3.8) is 0 Å². The molecule has 0 bridgehead atoms. The maximum Gasteiger partial charge on any atom is 0.408 e. The molecule has 3 N–H and O–H groups in total. The molecule has 1 unspecified atom stereocenters. The second-order valence-corrected chi connectivity index (χ2v) is 4.94. The summed E-state index contributed by atoms with van der Waals surface area (Å²) in [6.07, 6.45) is 2.58. The Balaban J connectivity index is 2.16. The number of H-pyrrole nitrogens is 1. The number of fused-ring (bicyclic) bond motifs is 1. The first-order chi connectivity index (χ1) is 10.5. The summed E-state index contributed by atoms with van der Waals surface area (Å²) in [6, 6.07) is 4.75. The van der Waals surface area contributed by atoms with Crippen LogP contribution in [0.15, 0.2) is 37.1 Å². The van der Waals surface area contributed by atoms with E-state index in [-0.39, 0.29) is 13.0 Å². The zero-order valence-electron chi connectivity index (χ0n) is 12.3. The van der Waals surface area contributed by atoms with Gasteiger partial charge in [-0.15, -0.1) is 0 Å². The summed E-state index contributed by atoms with van der Waals surface area (Å²) >= 11 is 0. The first kappa shape index (κ1) is 15.6. The van der Waals surface area contributed by atoms with Gasteiger partial charge in [0.05, 0.1) is 0 Å². The standard InChI is InChI=1S/C16H18N2O4/c1-3-7-22-16(21)18-13(15(19)20)8-11-9-17-14-10(2)5-4-6-12(11)14/h3-6,9,13,17H,1,7-8H2,2H3,(H,18,21)(H,19,20). The van der Waals surface area contributed by atoms with Crippen LogP contribution in [0.1, 0.15) is 11.1 Å². The molecule has 1 aromatic carbocycles. The maximum absolute atomic E-state index is 11.5. The van der Waals surface area contributed by atoms with Gasteiger partial charge in [0.15, 0.2) is 0 Å². The number of carboxylic acids is 1. The van der Waals surface area contributed by atoms with Gasteiger partial charge < -0.3 is 20.1 Å². The van der Waals surface area contributed by atoms with Gasteiger partial charge in [0, 0.05) is 23.5 Å². The third kappa shape index (κ3) is 3.46. The number of carboxylic acid groups (broad SMARTS) is 1. The van der Waals surface area contributed by atoms with Crippen molar-refractivity contribution < 1.29 is 19.4 Å². The Hall–Kier alpha value is -2.76. The summed E-state index contributed by atoms with van der Waals surface area (Å²) in [5.74, 6) is -1.11. The van der Waals surface area contributed by atoms with E-state index in [1.807, 2.05) is 25.1 Å². The highest BCUT2D eigenvalue weighted by molar-refractivity contribution is 5.87. The van der Waals surface area contributed by atoms with Gasteiger partial charge >= 0.3 is 12.1 Å². The predicted molar refractivity (Wildman–Crippen MR) is 82.8 cm³/mol. The molecule has 1 amide bonds. The highest BCUT2D eigenvalue weighted by Crippen LogP contribution is 2.22. The molecule has 0 fully saturated rings. The van der Waals surface area contributed by atoms with Crippen molar-refractivity contribution in [2.45, 2.75) is 19.4 Å². The van der Waals surface area contributed by atoms with Crippen molar-refractivity contribution >= 4 is 23.0 Å². The van der Waals surface area contributed by atoms with Crippen molar-refractivity contribution in [3.05, 3.63) is 48.2 Å². The average Bonchev–Trinajstić information content (AvgIpc) is 2.89. The number of aromatic amines is 1. The van der Waals surface area contributed by atoms with Crippen molar-refractivity contribution in [1.82, 2.24) is 10.3 Å². The molecule has 6 heteroatoms. The van der Waals surface area contributed by atoms with E-state index in [9.17, 15) is 14.7 Å². The zero-order chi connectivity index (χ0) is 16.1. The molecule has 0 spiro atoms. The van der Waals surface area contributed by atoms with Crippen LogP contribution in [0.3, 0.4) is 0 Å². The maximum atomic E-state index is 11.5. The molecule has 1 heterocycles. The third-order valence-electron chi connectivity index (χ3n) is 3.36. The van der Waals surface area contributed by atoms with E-state index in [4.69, 9.17) is 4.74 Å². The molecule has 0 aliphatic rings. The van der Waals surface area contributed by atoms with E-state index >= 15 is 0 Å². The van der Waals surface area contributed by atoms with Crippen molar-refractivity contribution in [2.75, 3.05) is 6.61 Å². The number of aliphatic carboxylic acids is 1. The molecular formula is C16H18N2O4. The number of para-hydroxylation sites is 1. The number of aryl methyl sites for hydroxylation is 1. The minimum atomic E-state index is -1.11. The van der Waals surface area contributed by atoms with Gasteiger partial charge in [0.25, 0.3) is 0 Å². The molecule has 22 heavy (non-hydrogen) atoms. The first-order valence-electron chi connectivity index (χ1n) is 6.85. The molecule has 0 aliphatic carbocycles. The fourth-order valence-electron chi connectivity index (χ4n) is 2.27. The molecule has 0 saturated carbocycles. The lowest BCUT2D eigenvalue weighted by atomic mass is 10.0. The summed E-state index contributed by atoms with van der Waals surface area (Å²) in [7, 11) is 0. The number of rotatable bonds is 6. The summed E-state index contributed by atoms with van der Waals surface area (Å²) in [4.78, 5) is 26.0. The van der Waals surface area contributed by atoms with E-state index in [1.165, 1.54) is 6.08 Å². The molecule has 1 aromatic heterocycles. The van der Waals surface area contributed by atoms with Crippen molar-refractivity contribution in [3.8, 4) is 0 Å². The Labute approximate surface area is 127 Å². The second kappa shape index (κ2) is 6.80. The fraction of sp³-hybridized carbons (Fsp3) is 0.250. The van der Waals surface area contributed by atoms with Crippen LogP contribution < -0.4 is 5.32 Å². The van der Waals surface area contributed by atoms with Crippen LogP contribution in [0, 0.1) is 6.92 Å². The quantitative estimate of drug-likeness (QED) is 0.714. The number of amides is 1. The molecule has 0 saturated heterocycles. The first-order valence-corrected chi connectivity index (χ1v) is 6.85. The number of benzene rings is 1. The minimum absolute atomic E-state index is 0.0322. The number of hydrogen-bond acceptors (Lipinski definition) is 3. The lowest BCUT2D eigenvalue weighted by Crippen LogP contribution is -2.42. The summed E-state index contributed by atoms with van der Waals surface area (Å²) in [5.41, 5.74) is 2.87. The van der Waals surface area contributed by atoms with Crippen LogP contribution in [0.5, 0.6) is 0 Å². The minimum Gasteiger partial charge on any atom is -0.480 e. The highest BCUT2D eigenvalue weighted by Gasteiger charge is 2.22. The Morgan fingerprint density at radius 3 is 2.95 bits per heavy atom. The largest absolute Gasteiger partial charge is 0.480 e. The summed E-state index contributed by atoms with van der Waals surface area (Å²) in [5, 5.41) is 12.6. The molecule has 116 valence electrons. The van der Waals surface area contributed by atoms with Gasteiger partial charge in [-0.2, -0.15) is 0 Å². The molecular weight excluding hydrogens is 284 g/mol. The van der Waals surface area contributed by atoms with Crippen LogP contribution >= 0.6 is 0 Å². The number of nitrogens with one attached hydrogen (secondary N) is 2. The Bertz CT molecular complexity index is 705. The topological polar surface area (TPSA) is 91.4 Å².